The SMILES string of the molecule is COC1(c2cccc(C(N)=O)c2)C2CCC1CN(Cc1ccccc1)C2. The summed E-state index contributed by atoms with van der Waals surface area (Å²) in [4.78, 5) is 14.2. The molecule has 1 amide bonds. The van der Waals surface area contributed by atoms with Crippen molar-refractivity contribution in [3.63, 3.8) is 0 Å². The predicted octanol–water partition coefficient (Wildman–Crippen LogP) is 3.17. The Labute approximate surface area is 155 Å². The van der Waals surface area contributed by atoms with E-state index in [-0.39, 0.29) is 11.5 Å². The van der Waals surface area contributed by atoms with Crippen LogP contribution in [0, 0.1) is 11.8 Å². The van der Waals surface area contributed by atoms with E-state index in [0.29, 0.717) is 17.4 Å². The molecule has 2 aromatic rings. The van der Waals surface area contributed by atoms with Gasteiger partial charge in [-0.05, 0) is 36.1 Å². The molecular weight excluding hydrogens is 324 g/mol. The van der Waals surface area contributed by atoms with E-state index in [4.69, 9.17) is 10.5 Å². The Kier molecular flexibility index (Phi) is 4.55. The molecule has 1 saturated carbocycles. The third-order valence-corrected chi connectivity index (χ3v) is 6.22. The van der Waals surface area contributed by atoms with Crippen molar-refractivity contribution >= 4 is 5.91 Å². The summed E-state index contributed by atoms with van der Waals surface area (Å²) >= 11 is 0. The zero-order valence-corrected chi connectivity index (χ0v) is 15.2. The van der Waals surface area contributed by atoms with Gasteiger partial charge in [-0.2, -0.15) is 0 Å². The van der Waals surface area contributed by atoms with Crippen LogP contribution < -0.4 is 5.73 Å². The topological polar surface area (TPSA) is 55.6 Å². The lowest BCUT2D eigenvalue weighted by atomic mass is 9.74. The van der Waals surface area contributed by atoms with Crippen LogP contribution in [-0.2, 0) is 16.9 Å². The van der Waals surface area contributed by atoms with Gasteiger partial charge in [0, 0.05) is 44.1 Å². The smallest absolute Gasteiger partial charge is 0.248 e. The molecule has 0 aromatic heterocycles. The summed E-state index contributed by atoms with van der Waals surface area (Å²) in [5.41, 5.74) is 8.21. The number of nitrogens with zero attached hydrogens (tertiary/aromatic N) is 1. The fourth-order valence-electron chi connectivity index (χ4n) is 5.13. The maximum Gasteiger partial charge on any atom is 0.248 e. The Morgan fingerprint density at radius 2 is 1.81 bits per heavy atom. The number of likely N-dealkylation sites (tertiary alicyclic amines) is 1. The van der Waals surface area contributed by atoms with Crippen molar-refractivity contribution in [1.82, 2.24) is 4.90 Å². The monoisotopic (exact) mass is 350 g/mol. The number of hydrogen-bond donors (Lipinski definition) is 1. The molecule has 1 heterocycles. The summed E-state index contributed by atoms with van der Waals surface area (Å²) in [7, 11) is 1.81. The van der Waals surface area contributed by atoms with E-state index >= 15 is 0 Å². The molecule has 4 heteroatoms. The van der Waals surface area contributed by atoms with Gasteiger partial charge in [-0.1, -0.05) is 42.5 Å². The largest absolute Gasteiger partial charge is 0.373 e. The minimum Gasteiger partial charge on any atom is -0.373 e. The number of benzene rings is 2. The van der Waals surface area contributed by atoms with Crippen LogP contribution >= 0.6 is 0 Å². The molecule has 26 heavy (non-hydrogen) atoms. The van der Waals surface area contributed by atoms with Crippen LogP contribution in [0.3, 0.4) is 0 Å². The van der Waals surface area contributed by atoms with Crippen molar-refractivity contribution in [2.45, 2.75) is 25.0 Å². The number of primary amides is 1. The first kappa shape index (κ1) is 17.3. The van der Waals surface area contributed by atoms with E-state index < -0.39 is 0 Å². The average molecular weight is 350 g/mol. The molecule has 0 radical (unpaired) electrons. The molecule has 2 aliphatic rings. The molecule has 4 rings (SSSR count). The van der Waals surface area contributed by atoms with E-state index in [1.54, 1.807) is 6.07 Å². The van der Waals surface area contributed by atoms with Gasteiger partial charge in [0.1, 0.15) is 5.60 Å². The third kappa shape index (κ3) is 2.83. The lowest BCUT2D eigenvalue weighted by Gasteiger charge is -2.47. The first-order valence-electron chi connectivity index (χ1n) is 9.35. The van der Waals surface area contributed by atoms with Crippen LogP contribution in [-0.4, -0.2) is 31.0 Å². The van der Waals surface area contributed by atoms with Crippen molar-refractivity contribution in [2.75, 3.05) is 20.2 Å². The second-order valence-corrected chi connectivity index (χ2v) is 7.59. The second kappa shape index (κ2) is 6.86. The Balaban J connectivity index is 1.61. The number of fused-ring (bicyclic) bond motifs is 2. The van der Waals surface area contributed by atoms with Crippen molar-refractivity contribution in [1.29, 1.82) is 0 Å². The molecule has 1 aliphatic carbocycles. The van der Waals surface area contributed by atoms with E-state index in [1.165, 1.54) is 5.56 Å². The third-order valence-electron chi connectivity index (χ3n) is 6.22. The molecule has 2 N–H and O–H groups in total. The summed E-state index contributed by atoms with van der Waals surface area (Å²) in [6.45, 7) is 3.01. The molecule has 2 aromatic carbocycles. The highest BCUT2D eigenvalue weighted by Crippen LogP contribution is 2.53. The maximum atomic E-state index is 11.6. The standard InChI is InChI=1S/C22H26N2O2/c1-26-22(18-9-5-8-17(12-18)21(23)25)19-10-11-20(22)15-24(14-19)13-16-6-3-2-4-7-16/h2-9,12,19-20H,10-11,13-15H2,1H3,(H2,23,25). The first-order valence-corrected chi connectivity index (χ1v) is 9.35. The van der Waals surface area contributed by atoms with Gasteiger partial charge in [0.05, 0.1) is 0 Å². The molecule has 0 spiro atoms. The normalized spacial score (nSPS) is 28.2. The van der Waals surface area contributed by atoms with Crippen LogP contribution in [0.4, 0.5) is 0 Å². The number of rotatable bonds is 5. The van der Waals surface area contributed by atoms with Gasteiger partial charge in [-0.15, -0.1) is 0 Å². The predicted molar refractivity (Wildman–Crippen MR) is 102 cm³/mol. The van der Waals surface area contributed by atoms with Crippen LogP contribution in [0.5, 0.6) is 0 Å². The Morgan fingerprint density at radius 3 is 2.42 bits per heavy atom. The summed E-state index contributed by atoms with van der Waals surface area (Å²) in [5.74, 6) is 0.475. The molecule has 2 atom stereocenters. The van der Waals surface area contributed by atoms with Gasteiger partial charge in [-0.25, -0.2) is 0 Å². The molecule has 4 nitrogen and oxygen atoms in total. The van der Waals surface area contributed by atoms with Gasteiger partial charge < -0.3 is 10.5 Å². The van der Waals surface area contributed by atoms with Crippen molar-refractivity contribution in [2.24, 2.45) is 17.6 Å². The fraction of sp³-hybridized carbons (Fsp3) is 0.409. The highest BCUT2D eigenvalue weighted by molar-refractivity contribution is 5.92. The van der Waals surface area contributed by atoms with E-state index in [1.807, 2.05) is 19.2 Å². The molecule has 2 bridgehead atoms. The minimum absolute atomic E-state index is 0.307. The lowest BCUT2D eigenvalue weighted by molar-refractivity contribution is -0.120. The van der Waals surface area contributed by atoms with Crippen LogP contribution in [0.25, 0.3) is 0 Å². The van der Waals surface area contributed by atoms with Crippen molar-refractivity contribution in [3.8, 4) is 0 Å². The Morgan fingerprint density at radius 1 is 1.12 bits per heavy atom. The Hall–Kier alpha value is -2.17. The van der Waals surface area contributed by atoms with Gasteiger partial charge in [0.25, 0.3) is 0 Å². The van der Waals surface area contributed by atoms with Gasteiger partial charge in [0.15, 0.2) is 0 Å². The molecule has 1 aliphatic heterocycles. The molecular formula is C22H26N2O2. The second-order valence-electron chi connectivity index (χ2n) is 7.59. The molecule has 1 saturated heterocycles. The highest BCUT2D eigenvalue weighted by Gasteiger charge is 2.55. The number of ether oxygens (including phenoxy) is 1. The van der Waals surface area contributed by atoms with Crippen molar-refractivity contribution in [3.05, 3.63) is 71.3 Å². The zero-order chi connectivity index (χ0) is 18.1. The zero-order valence-electron chi connectivity index (χ0n) is 15.2. The lowest BCUT2D eigenvalue weighted by Crippen LogP contribution is -2.52. The number of carbonyl (C=O) groups excluding carboxylic acids is 1. The Bertz CT molecular complexity index is 776. The number of piperidine rings is 1. The van der Waals surface area contributed by atoms with E-state index in [9.17, 15) is 4.79 Å². The van der Waals surface area contributed by atoms with E-state index in [2.05, 4.69) is 41.3 Å². The summed E-state index contributed by atoms with van der Waals surface area (Å²) in [5, 5.41) is 0. The summed E-state index contributed by atoms with van der Waals surface area (Å²) in [6, 6.07) is 18.4. The molecule has 136 valence electrons. The number of methoxy groups -OCH3 is 1. The van der Waals surface area contributed by atoms with Crippen LogP contribution in [0.1, 0.15) is 34.3 Å². The number of amides is 1. The fourth-order valence-corrected chi connectivity index (χ4v) is 5.13. The first-order chi connectivity index (χ1) is 12.6. The van der Waals surface area contributed by atoms with Crippen molar-refractivity contribution < 1.29 is 9.53 Å². The molecule has 2 fully saturated rings. The maximum absolute atomic E-state index is 11.6. The number of hydrogen-bond acceptors (Lipinski definition) is 3. The minimum atomic E-state index is -0.382. The summed E-state index contributed by atoms with van der Waals surface area (Å²) < 4.78 is 6.21. The van der Waals surface area contributed by atoms with Gasteiger partial charge >= 0.3 is 0 Å². The number of carbonyl (C=O) groups is 1. The van der Waals surface area contributed by atoms with Gasteiger partial charge in [0.2, 0.25) is 5.91 Å². The van der Waals surface area contributed by atoms with Crippen LogP contribution in [0.2, 0.25) is 0 Å². The average Bonchev–Trinajstić information content (AvgIpc) is 2.86. The highest BCUT2D eigenvalue weighted by atomic mass is 16.5. The van der Waals surface area contributed by atoms with Crippen LogP contribution in [0.15, 0.2) is 54.6 Å². The number of nitrogens with two attached hydrogens (primary N) is 1. The molecule has 2 unspecified atom stereocenters. The van der Waals surface area contributed by atoms with Gasteiger partial charge in [-0.3, -0.25) is 9.69 Å². The quantitative estimate of drug-likeness (QED) is 0.901. The van der Waals surface area contributed by atoms with E-state index in [0.717, 1.165) is 38.0 Å². The summed E-state index contributed by atoms with van der Waals surface area (Å²) in [6.07, 6.45) is 2.31.